The first-order chi connectivity index (χ1) is 16.6. The third-order valence-electron chi connectivity index (χ3n) is 6.25. The lowest BCUT2D eigenvalue weighted by molar-refractivity contribution is 0.111. The molecule has 34 heavy (non-hydrogen) atoms. The highest BCUT2D eigenvalue weighted by Crippen LogP contribution is 2.33. The SMILES string of the molecule is C#Cc1nc(Nc2ccc(Oc3cccc(F)c3)c(C)c2)c2ccccc2n1.C1CC2NCC12. The fourth-order valence-electron chi connectivity index (χ4n) is 4.10. The van der Waals surface area contributed by atoms with Crippen LogP contribution in [-0.2, 0) is 0 Å². The van der Waals surface area contributed by atoms with Crippen molar-refractivity contribution in [3.05, 3.63) is 83.9 Å². The Balaban J connectivity index is 0.000000343. The highest BCUT2D eigenvalue weighted by atomic mass is 19.1. The Morgan fingerprint density at radius 2 is 1.91 bits per heavy atom. The lowest BCUT2D eigenvalue weighted by atomic mass is 9.74. The molecule has 2 fully saturated rings. The van der Waals surface area contributed by atoms with Gasteiger partial charge in [-0.25, -0.2) is 14.4 Å². The number of fused-ring (bicyclic) bond motifs is 2. The number of piperidine rings is 1. The van der Waals surface area contributed by atoms with E-state index in [0.29, 0.717) is 23.1 Å². The Labute approximate surface area is 198 Å². The molecule has 2 atom stereocenters. The molecule has 6 rings (SSSR count). The van der Waals surface area contributed by atoms with Crippen molar-refractivity contribution in [2.24, 2.45) is 5.92 Å². The Hall–Kier alpha value is -3.95. The summed E-state index contributed by atoms with van der Waals surface area (Å²) in [5.74, 6) is 5.30. The van der Waals surface area contributed by atoms with Crippen molar-refractivity contribution in [3.8, 4) is 23.8 Å². The normalized spacial score (nSPS) is 17.8. The Morgan fingerprint density at radius 1 is 1.06 bits per heavy atom. The third-order valence-corrected chi connectivity index (χ3v) is 6.25. The zero-order chi connectivity index (χ0) is 23.5. The molecule has 0 bridgehead atoms. The van der Waals surface area contributed by atoms with Gasteiger partial charge < -0.3 is 15.4 Å². The maximum absolute atomic E-state index is 13.4. The fraction of sp³-hybridized carbons (Fsp3) is 0.214. The number of hydrogen-bond acceptors (Lipinski definition) is 5. The number of terminal acetylenes is 1. The number of ether oxygens (including phenoxy) is 1. The topological polar surface area (TPSA) is 59.1 Å². The summed E-state index contributed by atoms with van der Waals surface area (Å²) in [4.78, 5) is 8.76. The summed E-state index contributed by atoms with van der Waals surface area (Å²) in [7, 11) is 0. The van der Waals surface area contributed by atoms with Crippen molar-refractivity contribution < 1.29 is 9.13 Å². The number of benzene rings is 3. The van der Waals surface area contributed by atoms with Crippen LogP contribution in [0.25, 0.3) is 10.9 Å². The van der Waals surface area contributed by atoms with Gasteiger partial charge in [0.1, 0.15) is 23.1 Å². The van der Waals surface area contributed by atoms with Crippen LogP contribution in [-0.4, -0.2) is 22.6 Å². The quantitative estimate of drug-likeness (QED) is 0.374. The van der Waals surface area contributed by atoms with Crippen LogP contribution in [0.4, 0.5) is 15.9 Å². The predicted molar refractivity (Wildman–Crippen MR) is 133 cm³/mol. The molecule has 5 nitrogen and oxygen atoms in total. The fourth-order valence-corrected chi connectivity index (χ4v) is 4.10. The average molecular weight is 453 g/mol. The summed E-state index contributed by atoms with van der Waals surface area (Å²) in [6, 6.07) is 20.3. The van der Waals surface area contributed by atoms with Gasteiger partial charge in [0.25, 0.3) is 0 Å². The van der Waals surface area contributed by atoms with Crippen LogP contribution in [0.1, 0.15) is 24.2 Å². The molecule has 4 aromatic rings. The molecular weight excluding hydrogens is 427 g/mol. The zero-order valence-electron chi connectivity index (χ0n) is 18.9. The third kappa shape index (κ3) is 4.70. The summed E-state index contributed by atoms with van der Waals surface area (Å²) >= 11 is 0. The number of rotatable bonds is 4. The van der Waals surface area contributed by atoms with Gasteiger partial charge in [-0.15, -0.1) is 6.42 Å². The molecular formula is C28H25FN4O. The number of anilines is 2. The number of nitrogens with one attached hydrogen (secondary N) is 2. The Bertz CT molecular complexity index is 1360. The lowest BCUT2D eigenvalue weighted by Gasteiger charge is -2.47. The van der Waals surface area contributed by atoms with E-state index in [2.05, 4.69) is 26.5 Å². The number of aromatic nitrogens is 2. The minimum Gasteiger partial charge on any atom is -0.457 e. The largest absolute Gasteiger partial charge is 0.457 e. The Morgan fingerprint density at radius 3 is 2.56 bits per heavy atom. The van der Waals surface area contributed by atoms with Gasteiger partial charge in [-0.3, -0.25) is 0 Å². The Kier molecular flexibility index (Phi) is 6.11. The maximum atomic E-state index is 13.4. The predicted octanol–water partition coefficient (Wildman–Crippen LogP) is 5.96. The van der Waals surface area contributed by atoms with E-state index >= 15 is 0 Å². The summed E-state index contributed by atoms with van der Waals surface area (Å²) in [6.45, 7) is 3.23. The van der Waals surface area contributed by atoms with Crippen LogP contribution in [0.3, 0.4) is 0 Å². The number of aryl methyl sites for hydroxylation is 1. The smallest absolute Gasteiger partial charge is 0.207 e. The van der Waals surface area contributed by atoms with Crippen LogP contribution in [0.15, 0.2) is 66.7 Å². The first-order valence-electron chi connectivity index (χ1n) is 11.4. The molecule has 3 aromatic carbocycles. The highest BCUT2D eigenvalue weighted by molar-refractivity contribution is 5.91. The van der Waals surface area contributed by atoms with E-state index < -0.39 is 0 Å². The summed E-state index contributed by atoms with van der Waals surface area (Å²) in [5, 5.41) is 7.52. The van der Waals surface area contributed by atoms with Crippen LogP contribution >= 0.6 is 0 Å². The number of nitrogens with zero attached hydrogens (tertiary/aromatic N) is 2. The lowest BCUT2D eigenvalue weighted by Crippen LogP contribution is -2.59. The molecule has 2 aliphatic rings. The van der Waals surface area contributed by atoms with Gasteiger partial charge in [0.2, 0.25) is 5.82 Å². The van der Waals surface area contributed by atoms with Crippen LogP contribution in [0.5, 0.6) is 11.5 Å². The average Bonchev–Trinajstić information content (AvgIpc) is 2.83. The molecule has 0 radical (unpaired) electrons. The summed E-state index contributed by atoms with van der Waals surface area (Å²) < 4.78 is 19.1. The van der Waals surface area contributed by atoms with E-state index in [9.17, 15) is 4.39 Å². The zero-order valence-corrected chi connectivity index (χ0v) is 18.9. The molecule has 0 spiro atoms. The van der Waals surface area contributed by atoms with Crippen molar-refractivity contribution in [2.45, 2.75) is 25.8 Å². The highest BCUT2D eigenvalue weighted by Gasteiger charge is 2.37. The van der Waals surface area contributed by atoms with E-state index in [1.54, 1.807) is 12.1 Å². The second kappa shape index (κ2) is 9.50. The molecule has 1 saturated heterocycles. The van der Waals surface area contributed by atoms with Gasteiger partial charge in [-0.2, -0.15) is 0 Å². The first kappa shape index (κ1) is 21.9. The maximum Gasteiger partial charge on any atom is 0.207 e. The molecule has 1 aliphatic heterocycles. The van der Waals surface area contributed by atoms with Crippen molar-refractivity contribution in [1.29, 1.82) is 0 Å². The summed E-state index contributed by atoms with van der Waals surface area (Å²) in [6.07, 6.45) is 8.43. The van der Waals surface area contributed by atoms with Crippen LogP contribution < -0.4 is 15.4 Å². The van der Waals surface area contributed by atoms with Gasteiger partial charge in [0.15, 0.2) is 0 Å². The van der Waals surface area contributed by atoms with Gasteiger partial charge in [-0.05, 0) is 86.2 Å². The van der Waals surface area contributed by atoms with E-state index in [1.807, 2.05) is 49.4 Å². The van der Waals surface area contributed by atoms with Crippen molar-refractivity contribution in [2.75, 3.05) is 11.9 Å². The summed E-state index contributed by atoms with van der Waals surface area (Å²) in [5.41, 5.74) is 2.50. The monoisotopic (exact) mass is 452 g/mol. The minimum absolute atomic E-state index is 0.323. The van der Waals surface area contributed by atoms with Gasteiger partial charge in [0.05, 0.1) is 5.52 Å². The molecule has 2 unspecified atom stereocenters. The molecule has 0 amide bonds. The van der Waals surface area contributed by atoms with E-state index in [4.69, 9.17) is 11.2 Å². The second-order valence-electron chi connectivity index (χ2n) is 8.57. The van der Waals surface area contributed by atoms with E-state index in [1.165, 1.54) is 31.5 Å². The number of halogens is 1. The van der Waals surface area contributed by atoms with E-state index in [-0.39, 0.29) is 5.82 Å². The second-order valence-corrected chi connectivity index (χ2v) is 8.57. The van der Waals surface area contributed by atoms with Gasteiger partial charge >= 0.3 is 0 Å². The molecule has 1 saturated carbocycles. The van der Waals surface area contributed by atoms with Crippen molar-refractivity contribution >= 4 is 22.4 Å². The van der Waals surface area contributed by atoms with Gasteiger partial charge in [0, 0.05) is 23.2 Å². The number of para-hydroxylation sites is 1. The first-order valence-corrected chi connectivity index (χ1v) is 11.4. The van der Waals surface area contributed by atoms with Gasteiger partial charge in [-0.1, -0.05) is 18.2 Å². The molecule has 1 aliphatic carbocycles. The molecule has 2 heterocycles. The van der Waals surface area contributed by atoms with Crippen molar-refractivity contribution in [1.82, 2.24) is 15.3 Å². The van der Waals surface area contributed by atoms with Crippen LogP contribution in [0, 0.1) is 31.0 Å². The van der Waals surface area contributed by atoms with E-state index in [0.717, 1.165) is 34.1 Å². The van der Waals surface area contributed by atoms with Crippen molar-refractivity contribution in [3.63, 3.8) is 0 Å². The molecule has 170 valence electrons. The van der Waals surface area contributed by atoms with Crippen LogP contribution in [0.2, 0.25) is 0 Å². The number of hydrogen-bond donors (Lipinski definition) is 2. The molecule has 1 aromatic heterocycles. The molecule has 2 N–H and O–H groups in total. The minimum atomic E-state index is -0.339. The standard InChI is InChI=1S/C23H16FN3O.C5H9N/c1-3-22-26-20-10-5-4-9-19(20)23(27-22)25-17-11-12-21(15(2)13-17)28-18-8-6-7-16(24)14-18;1-2-5-4(1)3-6-5/h1,4-14H,2H3,(H,25,26,27);4-6H,1-3H2. The molecule has 6 heteroatoms.